The fourth-order valence-electron chi connectivity index (χ4n) is 3.48. The minimum absolute atomic E-state index is 0.238. The molecule has 2 nitrogen and oxygen atoms in total. The Labute approximate surface area is 116 Å². The summed E-state index contributed by atoms with van der Waals surface area (Å²) in [6, 6.07) is 9.87. The van der Waals surface area contributed by atoms with Crippen LogP contribution in [0.3, 0.4) is 0 Å². The number of aryl methyl sites for hydroxylation is 1. The molecule has 1 aliphatic carbocycles. The van der Waals surface area contributed by atoms with Gasteiger partial charge in [-0.3, -0.25) is 0 Å². The molecule has 2 atom stereocenters. The summed E-state index contributed by atoms with van der Waals surface area (Å²) >= 11 is 0. The van der Waals surface area contributed by atoms with E-state index < -0.39 is 0 Å². The Morgan fingerprint density at radius 2 is 2.21 bits per heavy atom. The number of hydrogen-bond donors (Lipinski definition) is 1. The lowest BCUT2D eigenvalue weighted by Gasteiger charge is -2.47. The van der Waals surface area contributed by atoms with Crippen LogP contribution >= 0.6 is 0 Å². The SMILES string of the molecule is Cc1cccc([C@@H](C)NC2CCOC3(CCC3)C2)c1. The first-order chi connectivity index (χ1) is 9.17. The number of hydrogen-bond acceptors (Lipinski definition) is 2. The summed E-state index contributed by atoms with van der Waals surface area (Å²) in [4.78, 5) is 0. The lowest BCUT2D eigenvalue weighted by atomic mass is 9.74. The molecule has 1 saturated carbocycles. The van der Waals surface area contributed by atoms with Gasteiger partial charge >= 0.3 is 0 Å². The van der Waals surface area contributed by atoms with Crippen LogP contribution in [0, 0.1) is 6.92 Å². The molecule has 19 heavy (non-hydrogen) atoms. The average molecular weight is 259 g/mol. The molecule has 104 valence electrons. The van der Waals surface area contributed by atoms with E-state index in [1.165, 1.54) is 36.8 Å². The van der Waals surface area contributed by atoms with Gasteiger partial charge in [-0.1, -0.05) is 29.8 Å². The summed E-state index contributed by atoms with van der Waals surface area (Å²) in [7, 11) is 0. The van der Waals surface area contributed by atoms with Gasteiger partial charge in [0.25, 0.3) is 0 Å². The average Bonchev–Trinajstić information content (AvgIpc) is 2.37. The highest BCUT2D eigenvalue weighted by molar-refractivity contribution is 5.24. The van der Waals surface area contributed by atoms with Crippen molar-refractivity contribution in [1.29, 1.82) is 0 Å². The highest BCUT2D eigenvalue weighted by Gasteiger charge is 2.42. The zero-order valence-corrected chi connectivity index (χ0v) is 12.1. The Balaban J connectivity index is 1.61. The molecule has 1 N–H and O–H groups in total. The van der Waals surface area contributed by atoms with Crippen LogP contribution in [0.2, 0.25) is 0 Å². The molecule has 1 aliphatic heterocycles. The molecule has 1 heterocycles. The largest absolute Gasteiger partial charge is 0.375 e. The smallest absolute Gasteiger partial charge is 0.0697 e. The molecule has 2 aliphatic rings. The Bertz CT molecular complexity index is 439. The van der Waals surface area contributed by atoms with E-state index in [0.29, 0.717) is 12.1 Å². The first-order valence-electron chi connectivity index (χ1n) is 7.63. The summed E-state index contributed by atoms with van der Waals surface area (Å²) in [5.74, 6) is 0. The van der Waals surface area contributed by atoms with E-state index in [0.717, 1.165) is 13.0 Å². The monoisotopic (exact) mass is 259 g/mol. The van der Waals surface area contributed by atoms with Gasteiger partial charge in [-0.25, -0.2) is 0 Å². The minimum atomic E-state index is 0.238. The van der Waals surface area contributed by atoms with Crippen LogP contribution in [0.5, 0.6) is 0 Å². The topological polar surface area (TPSA) is 21.3 Å². The summed E-state index contributed by atoms with van der Waals surface area (Å²) in [6.45, 7) is 5.36. The summed E-state index contributed by atoms with van der Waals surface area (Å²) in [5, 5.41) is 3.81. The van der Waals surface area contributed by atoms with Gasteiger partial charge < -0.3 is 10.1 Å². The van der Waals surface area contributed by atoms with E-state index in [1.54, 1.807) is 0 Å². The predicted octanol–water partition coefficient (Wildman–Crippen LogP) is 3.75. The third-order valence-electron chi connectivity index (χ3n) is 4.79. The van der Waals surface area contributed by atoms with Gasteiger partial charge in [0.05, 0.1) is 5.60 Å². The number of benzene rings is 1. The second-order valence-corrected chi connectivity index (χ2v) is 6.38. The number of rotatable bonds is 3. The summed E-state index contributed by atoms with van der Waals surface area (Å²) in [5.41, 5.74) is 2.98. The van der Waals surface area contributed by atoms with E-state index in [1.807, 2.05) is 0 Å². The molecule has 0 aromatic heterocycles. The molecular formula is C17H25NO. The van der Waals surface area contributed by atoms with Gasteiger partial charge in [-0.05, 0) is 51.5 Å². The summed E-state index contributed by atoms with van der Waals surface area (Å²) in [6.07, 6.45) is 6.23. The van der Waals surface area contributed by atoms with Crippen LogP contribution in [0.25, 0.3) is 0 Å². The minimum Gasteiger partial charge on any atom is -0.375 e. The molecule has 1 unspecified atom stereocenters. The van der Waals surface area contributed by atoms with Crippen molar-refractivity contribution in [1.82, 2.24) is 5.32 Å². The van der Waals surface area contributed by atoms with E-state index in [2.05, 4.69) is 43.4 Å². The number of ether oxygens (including phenoxy) is 1. The molecule has 0 amide bonds. The van der Waals surface area contributed by atoms with Crippen molar-refractivity contribution in [3.63, 3.8) is 0 Å². The Morgan fingerprint density at radius 1 is 1.37 bits per heavy atom. The van der Waals surface area contributed by atoms with Crippen molar-refractivity contribution in [2.75, 3.05) is 6.61 Å². The van der Waals surface area contributed by atoms with Crippen molar-refractivity contribution in [3.8, 4) is 0 Å². The Kier molecular flexibility index (Phi) is 3.64. The van der Waals surface area contributed by atoms with Crippen LogP contribution in [-0.4, -0.2) is 18.2 Å². The maximum Gasteiger partial charge on any atom is 0.0697 e. The fourth-order valence-corrected chi connectivity index (χ4v) is 3.48. The van der Waals surface area contributed by atoms with E-state index in [4.69, 9.17) is 4.74 Å². The second-order valence-electron chi connectivity index (χ2n) is 6.38. The predicted molar refractivity (Wildman–Crippen MR) is 78.3 cm³/mol. The van der Waals surface area contributed by atoms with Crippen molar-refractivity contribution in [2.24, 2.45) is 0 Å². The maximum atomic E-state index is 6.00. The Hall–Kier alpha value is -0.860. The fraction of sp³-hybridized carbons (Fsp3) is 0.647. The summed E-state index contributed by atoms with van der Waals surface area (Å²) < 4.78 is 6.00. The van der Waals surface area contributed by atoms with E-state index in [-0.39, 0.29) is 5.60 Å². The normalized spacial score (nSPS) is 26.9. The van der Waals surface area contributed by atoms with Crippen LogP contribution in [0.4, 0.5) is 0 Å². The van der Waals surface area contributed by atoms with Crippen LogP contribution < -0.4 is 5.32 Å². The first kappa shape index (κ1) is 13.1. The van der Waals surface area contributed by atoms with Crippen LogP contribution in [-0.2, 0) is 4.74 Å². The molecule has 0 bridgehead atoms. The zero-order valence-electron chi connectivity index (χ0n) is 12.1. The zero-order chi connectivity index (χ0) is 13.3. The molecule has 1 aromatic rings. The third-order valence-corrected chi connectivity index (χ3v) is 4.79. The quantitative estimate of drug-likeness (QED) is 0.892. The van der Waals surface area contributed by atoms with Crippen molar-refractivity contribution < 1.29 is 4.74 Å². The van der Waals surface area contributed by atoms with Crippen LogP contribution in [0.1, 0.15) is 56.2 Å². The van der Waals surface area contributed by atoms with Crippen molar-refractivity contribution in [3.05, 3.63) is 35.4 Å². The molecule has 1 saturated heterocycles. The molecule has 2 fully saturated rings. The Morgan fingerprint density at radius 3 is 2.89 bits per heavy atom. The molecule has 1 spiro atoms. The van der Waals surface area contributed by atoms with Gasteiger partial charge in [0.15, 0.2) is 0 Å². The molecule has 0 radical (unpaired) electrons. The van der Waals surface area contributed by atoms with Crippen molar-refractivity contribution >= 4 is 0 Å². The van der Waals surface area contributed by atoms with Crippen LogP contribution in [0.15, 0.2) is 24.3 Å². The second kappa shape index (κ2) is 5.26. The molecular weight excluding hydrogens is 234 g/mol. The van der Waals surface area contributed by atoms with Gasteiger partial charge in [0.1, 0.15) is 0 Å². The highest BCUT2D eigenvalue weighted by atomic mass is 16.5. The van der Waals surface area contributed by atoms with E-state index >= 15 is 0 Å². The van der Waals surface area contributed by atoms with Gasteiger partial charge in [-0.2, -0.15) is 0 Å². The third kappa shape index (κ3) is 2.85. The maximum absolute atomic E-state index is 6.00. The molecule has 1 aromatic carbocycles. The van der Waals surface area contributed by atoms with Gasteiger partial charge in [-0.15, -0.1) is 0 Å². The lowest BCUT2D eigenvalue weighted by molar-refractivity contribution is -0.136. The van der Waals surface area contributed by atoms with Gasteiger partial charge in [0, 0.05) is 18.7 Å². The van der Waals surface area contributed by atoms with E-state index in [9.17, 15) is 0 Å². The highest BCUT2D eigenvalue weighted by Crippen LogP contribution is 2.42. The molecule has 2 heteroatoms. The number of nitrogens with one attached hydrogen (secondary N) is 1. The molecule has 3 rings (SSSR count). The van der Waals surface area contributed by atoms with Crippen molar-refractivity contribution in [2.45, 2.75) is 63.6 Å². The first-order valence-corrected chi connectivity index (χ1v) is 7.63. The lowest BCUT2D eigenvalue weighted by Crippen LogP contribution is -2.51. The standard InChI is InChI=1S/C17H25NO/c1-13-5-3-6-15(11-13)14(2)18-16-7-10-19-17(12-16)8-4-9-17/h3,5-6,11,14,16,18H,4,7-10,12H2,1-2H3/t14-,16?/m1/s1. The van der Waals surface area contributed by atoms with Gasteiger partial charge in [0.2, 0.25) is 0 Å².